The van der Waals surface area contributed by atoms with E-state index < -0.39 is 0 Å². The number of rotatable bonds is 7. The van der Waals surface area contributed by atoms with Crippen LogP contribution in [0.2, 0.25) is 15.1 Å². The van der Waals surface area contributed by atoms with Gasteiger partial charge in [0.15, 0.2) is 11.5 Å². The monoisotopic (exact) mass is 436 g/mol. The van der Waals surface area contributed by atoms with Gasteiger partial charge in [-0.25, -0.2) is 0 Å². The van der Waals surface area contributed by atoms with Gasteiger partial charge in [-0.15, -0.1) is 0 Å². The Kier molecular flexibility index (Phi) is 6.68. The molecule has 0 saturated carbocycles. The lowest BCUT2D eigenvalue weighted by atomic mass is 10.1. The summed E-state index contributed by atoms with van der Waals surface area (Å²) in [7, 11) is 1.55. The molecule has 28 heavy (non-hydrogen) atoms. The number of ether oxygens (including phenoxy) is 2. The maximum atomic E-state index is 12.3. The van der Waals surface area contributed by atoms with Crippen molar-refractivity contribution >= 4 is 46.7 Å². The van der Waals surface area contributed by atoms with Crippen molar-refractivity contribution in [2.24, 2.45) is 0 Å². The molecule has 1 aromatic heterocycles. The van der Waals surface area contributed by atoms with E-state index in [1.165, 1.54) is 6.08 Å². The number of hydrogen-bond acceptors (Lipinski definition) is 4. The van der Waals surface area contributed by atoms with Crippen LogP contribution in [-0.4, -0.2) is 12.9 Å². The van der Waals surface area contributed by atoms with E-state index in [9.17, 15) is 4.79 Å². The van der Waals surface area contributed by atoms with Crippen LogP contribution in [-0.2, 0) is 6.61 Å². The van der Waals surface area contributed by atoms with E-state index in [1.807, 2.05) is 0 Å². The van der Waals surface area contributed by atoms with Gasteiger partial charge in [-0.05, 0) is 48.6 Å². The first kappa shape index (κ1) is 20.3. The summed E-state index contributed by atoms with van der Waals surface area (Å²) in [4.78, 5) is 12.3. The lowest BCUT2D eigenvalue weighted by Gasteiger charge is -2.08. The largest absolute Gasteiger partial charge is 0.497 e. The van der Waals surface area contributed by atoms with Crippen molar-refractivity contribution in [1.82, 2.24) is 0 Å². The van der Waals surface area contributed by atoms with Crippen molar-refractivity contribution in [3.05, 3.63) is 86.8 Å². The van der Waals surface area contributed by atoms with E-state index in [2.05, 4.69) is 0 Å². The number of furan rings is 1. The maximum Gasteiger partial charge on any atom is 0.186 e. The SMILES string of the molecule is COc1cccc(C(=O)/C=C/c2ccc(COc3c(Cl)cc(Cl)cc3Cl)o2)c1. The van der Waals surface area contributed by atoms with Crippen LogP contribution in [0.25, 0.3) is 6.08 Å². The van der Waals surface area contributed by atoms with Crippen LogP contribution in [0, 0.1) is 0 Å². The van der Waals surface area contributed by atoms with Crippen molar-refractivity contribution in [2.45, 2.75) is 6.61 Å². The fraction of sp³-hybridized carbons (Fsp3) is 0.0952. The van der Waals surface area contributed by atoms with E-state index in [1.54, 1.807) is 61.7 Å². The predicted molar refractivity (Wildman–Crippen MR) is 111 cm³/mol. The molecule has 4 nitrogen and oxygen atoms in total. The molecule has 0 atom stereocenters. The molecular formula is C21H15Cl3O4. The maximum absolute atomic E-state index is 12.3. The topological polar surface area (TPSA) is 48.7 Å². The minimum atomic E-state index is -0.159. The third-order valence-corrected chi connectivity index (χ3v) is 4.54. The summed E-state index contributed by atoms with van der Waals surface area (Å²) >= 11 is 18.1. The van der Waals surface area contributed by atoms with Gasteiger partial charge in [-0.1, -0.05) is 46.9 Å². The summed E-state index contributed by atoms with van der Waals surface area (Å²) in [6.45, 7) is 0.124. The predicted octanol–water partition coefficient (Wildman–Crippen LogP) is 6.72. The number of benzene rings is 2. The minimum Gasteiger partial charge on any atom is -0.497 e. The lowest BCUT2D eigenvalue weighted by molar-refractivity contribution is 0.104. The average Bonchev–Trinajstić information content (AvgIpc) is 3.13. The summed E-state index contributed by atoms with van der Waals surface area (Å²) in [6.07, 6.45) is 3.03. The van der Waals surface area contributed by atoms with Crippen LogP contribution in [0.5, 0.6) is 11.5 Å². The lowest BCUT2D eigenvalue weighted by Crippen LogP contribution is -1.95. The molecule has 3 aromatic rings. The highest BCUT2D eigenvalue weighted by Crippen LogP contribution is 2.36. The molecule has 1 heterocycles. The highest BCUT2D eigenvalue weighted by atomic mass is 35.5. The molecule has 0 amide bonds. The fourth-order valence-electron chi connectivity index (χ4n) is 2.40. The molecule has 0 radical (unpaired) electrons. The zero-order valence-electron chi connectivity index (χ0n) is 14.7. The Morgan fingerprint density at radius 1 is 1.07 bits per heavy atom. The number of allylic oxidation sites excluding steroid dienone is 1. The second-order valence-electron chi connectivity index (χ2n) is 5.72. The first-order valence-electron chi connectivity index (χ1n) is 8.19. The van der Waals surface area contributed by atoms with Gasteiger partial charge < -0.3 is 13.9 Å². The third-order valence-electron chi connectivity index (χ3n) is 3.76. The van der Waals surface area contributed by atoms with Crippen molar-refractivity contribution < 1.29 is 18.7 Å². The molecule has 3 rings (SSSR count). The van der Waals surface area contributed by atoms with Crippen molar-refractivity contribution in [2.75, 3.05) is 7.11 Å². The van der Waals surface area contributed by atoms with Crippen LogP contribution in [0.4, 0.5) is 0 Å². The smallest absolute Gasteiger partial charge is 0.186 e. The molecule has 144 valence electrons. The quantitative estimate of drug-likeness (QED) is 0.304. The zero-order chi connectivity index (χ0) is 20.1. The second kappa shape index (κ2) is 9.20. The van der Waals surface area contributed by atoms with Crippen molar-refractivity contribution in [1.29, 1.82) is 0 Å². The molecule has 0 aliphatic rings. The van der Waals surface area contributed by atoms with Crippen LogP contribution in [0.3, 0.4) is 0 Å². The van der Waals surface area contributed by atoms with Gasteiger partial charge in [0.25, 0.3) is 0 Å². The second-order valence-corrected chi connectivity index (χ2v) is 6.97. The Bertz CT molecular complexity index is 1000. The number of carbonyl (C=O) groups excluding carboxylic acids is 1. The molecule has 0 fully saturated rings. The molecule has 0 spiro atoms. The Balaban J connectivity index is 1.64. The van der Waals surface area contributed by atoms with Crippen LogP contribution in [0.15, 0.2) is 59.0 Å². The normalized spacial score (nSPS) is 11.0. The van der Waals surface area contributed by atoms with Crippen LogP contribution in [0.1, 0.15) is 21.9 Å². The van der Waals surface area contributed by atoms with Gasteiger partial charge in [0.1, 0.15) is 23.9 Å². The van der Waals surface area contributed by atoms with Gasteiger partial charge in [-0.3, -0.25) is 4.79 Å². The molecular weight excluding hydrogens is 423 g/mol. The van der Waals surface area contributed by atoms with Crippen LogP contribution < -0.4 is 9.47 Å². The highest BCUT2D eigenvalue weighted by molar-refractivity contribution is 6.40. The van der Waals surface area contributed by atoms with E-state index in [0.717, 1.165) is 0 Å². The Labute approximate surface area is 177 Å². The van der Waals surface area contributed by atoms with Gasteiger partial charge in [0.2, 0.25) is 0 Å². The number of methoxy groups -OCH3 is 1. The summed E-state index contributed by atoms with van der Waals surface area (Å²) in [6, 6.07) is 13.5. The molecule has 0 unspecified atom stereocenters. The number of carbonyl (C=O) groups is 1. The summed E-state index contributed by atoms with van der Waals surface area (Å²) in [5, 5.41) is 1.05. The van der Waals surface area contributed by atoms with Gasteiger partial charge in [0.05, 0.1) is 17.2 Å². The summed E-state index contributed by atoms with van der Waals surface area (Å²) < 4.78 is 16.4. The first-order valence-corrected chi connectivity index (χ1v) is 9.32. The van der Waals surface area contributed by atoms with E-state index >= 15 is 0 Å². The molecule has 0 aliphatic carbocycles. The summed E-state index contributed by atoms with van der Waals surface area (Å²) in [5.74, 6) is 1.86. The number of hydrogen-bond donors (Lipinski definition) is 0. The molecule has 0 bridgehead atoms. The summed E-state index contributed by atoms with van der Waals surface area (Å²) in [5.41, 5.74) is 0.526. The van der Waals surface area contributed by atoms with Crippen molar-refractivity contribution in [3.8, 4) is 11.5 Å². The molecule has 0 saturated heterocycles. The number of ketones is 1. The number of halogens is 3. The van der Waals surface area contributed by atoms with Crippen LogP contribution >= 0.6 is 34.8 Å². The standard InChI is InChI=1S/C21H15Cl3O4/c1-26-16-4-2-3-13(9-16)20(25)8-7-15-5-6-17(28-15)12-27-21-18(23)10-14(22)11-19(21)24/h2-11H,12H2,1H3/b8-7+. The van der Waals surface area contributed by atoms with E-state index in [4.69, 9.17) is 48.7 Å². The van der Waals surface area contributed by atoms with E-state index in [-0.39, 0.29) is 12.4 Å². The molecule has 7 heteroatoms. The minimum absolute atomic E-state index is 0.124. The molecule has 2 aromatic carbocycles. The van der Waals surface area contributed by atoms with Crippen molar-refractivity contribution in [3.63, 3.8) is 0 Å². The fourth-order valence-corrected chi connectivity index (χ4v) is 3.33. The molecule has 0 N–H and O–H groups in total. The Morgan fingerprint density at radius 2 is 1.82 bits per heavy atom. The van der Waals surface area contributed by atoms with E-state index in [0.29, 0.717) is 43.7 Å². The molecule has 0 aliphatic heterocycles. The van der Waals surface area contributed by atoms with Gasteiger partial charge in [0, 0.05) is 10.6 Å². The Hall–Kier alpha value is -2.40. The average molecular weight is 438 g/mol. The highest BCUT2D eigenvalue weighted by Gasteiger charge is 2.11. The zero-order valence-corrected chi connectivity index (χ0v) is 17.0. The Morgan fingerprint density at radius 3 is 2.54 bits per heavy atom. The van der Waals surface area contributed by atoms with Gasteiger partial charge in [-0.2, -0.15) is 0 Å². The van der Waals surface area contributed by atoms with Gasteiger partial charge >= 0.3 is 0 Å². The third kappa shape index (κ3) is 5.10. The first-order chi connectivity index (χ1) is 13.5.